The molecule has 5 rings (SSSR count). The van der Waals surface area contributed by atoms with Crippen molar-refractivity contribution < 1.29 is 14.3 Å². The maximum atomic E-state index is 13.5. The minimum atomic E-state index is -0.306. The first-order valence-corrected chi connectivity index (χ1v) is 12.6. The van der Waals surface area contributed by atoms with Crippen LogP contribution in [0.25, 0.3) is 0 Å². The molecule has 2 N–H and O–H groups in total. The summed E-state index contributed by atoms with van der Waals surface area (Å²) in [5.41, 5.74) is 4.58. The third-order valence-electron chi connectivity index (χ3n) is 6.53. The van der Waals surface area contributed by atoms with E-state index in [1.54, 1.807) is 26.0 Å². The zero-order chi connectivity index (χ0) is 24.6. The van der Waals surface area contributed by atoms with Crippen LogP contribution in [-0.4, -0.2) is 20.0 Å². The molecule has 0 saturated carbocycles. The first-order chi connectivity index (χ1) is 16.9. The van der Waals surface area contributed by atoms with Gasteiger partial charge in [0, 0.05) is 33.0 Å². The molecular formula is C29H30N2O3S. The fourth-order valence-corrected chi connectivity index (χ4v) is 5.76. The molecule has 5 nitrogen and oxygen atoms in total. The molecule has 6 heteroatoms. The monoisotopic (exact) mass is 486 g/mol. The number of fused-ring (bicyclic) bond motifs is 1. The highest BCUT2D eigenvalue weighted by atomic mass is 32.2. The Bertz CT molecular complexity index is 1300. The van der Waals surface area contributed by atoms with Crippen molar-refractivity contribution in [3.63, 3.8) is 0 Å². The van der Waals surface area contributed by atoms with E-state index in [1.165, 1.54) is 0 Å². The number of carbonyl (C=O) groups is 1. The van der Waals surface area contributed by atoms with Gasteiger partial charge in [0.05, 0.1) is 31.6 Å². The third kappa shape index (κ3) is 4.76. The number of Topliss-reactive ketones (excluding diaryl/α,β-unsaturated/α-hetero) is 1. The van der Waals surface area contributed by atoms with E-state index in [-0.39, 0.29) is 17.2 Å². The topological polar surface area (TPSA) is 59.6 Å². The van der Waals surface area contributed by atoms with Crippen LogP contribution in [0.2, 0.25) is 0 Å². The molecule has 1 atom stereocenters. The first-order valence-electron chi connectivity index (χ1n) is 11.8. The van der Waals surface area contributed by atoms with Crippen LogP contribution in [0.4, 0.5) is 11.4 Å². The van der Waals surface area contributed by atoms with E-state index in [0.717, 1.165) is 55.9 Å². The van der Waals surface area contributed by atoms with Gasteiger partial charge in [-0.2, -0.15) is 0 Å². The van der Waals surface area contributed by atoms with Crippen molar-refractivity contribution in [2.75, 3.05) is 24.9 Å². The molecule has 35 heavy (non-hydrogen) atoms. The predicted octanol–water partition coefficient (Wildman–Crippen LogP) is 7.08. The van der Waals surface area contributed by atoms with Crippen LogP contribution in [0, 0.1) is 5.41 Å². The maximum absolute atomic E-state index is 13.5. The van der Waals surface area contributed by atoms with Crippen molar-refractivity contribution >= 4 is 28.9 Å². The zero-order valence-electron chi connectivity index (χ0n) is 20.5. The predicted molar refractivity (Wildman–Crippen MR) is 142 cm³/mol. The summed E-state index contributed by atoms with van der Waals surface area (Å²) in [5, 5.41) is 7.32. The number of anilines is 2. The average molecular weight is 487 g/mol. The molecule has 1 aliphatic heterocycles. The van der Waals surface area contributed by atoms with Crippen molar-refractivity contribution in [2.45, 2.75) is 42.5 Å². The van der Waals surface area contributed by atoms with Gasteiger partial charge in [-0.1, -0.05) is 43.8 Å². The fraction of sp³-hybridized carbons (Fsp3) is 0.276. The summed E-state index contributed by atoms with van der Waals surface area (Å²) in [6.45, 7) is 4.31. The Kier molecular flexibility index (Phi) is 6.24. The number of rotatable bonds is 5. The van der Waals surface area contributed by atoms with Crippen LogP contribution < -0.4 is 20.1 Å². The molecule has 3 aromatic rings. The van der Waals surface area contributed by atoms with E-state index >= 15 is 0 Å². The Hall–Kier alpha value is -3.38. The van der Waals surface area contributed by atoms with Gasteiger partial charge in [-0.25, -0.2) is 0 Å². The van der Waals surface area contributed by atoms with Crippen molar-refractivity contribution in [1.82, 2.24) is 0 Å². The second kappa shape index (κ2) is 9.34. The SMILES string of the molecule is COc1ccc(Sc2ccc3c(c2)NC(c2ccccc2OC)C2=C(CC(C)(C)CC2=O)N3)cc1. The van der Waals surface area contributed by atoms with Gasteiger partial charge >= 0.3 is 0 Å². The number of benzene rings is 3. The Morgan fingerprint density at radius 1 is 0.886 bits per heavy atom. The molecule has 1 unspecified atom stereocenters. The molecule has 2 aliphatic rings. The summed E-state index contributed by atoms with van der Waals surface area (Å²) in [6.07, 6.45) is 1.33. The molecule has 180 valence electrons. The van der Waals surface area contributed by atoms with Crippen molar-refractivity contribution in [3.05, 3.63) is 83.6 Å². The first kappa shape index (κ1) is 23.4. The van der Waals surface area contributed by atoms with Crippen molar-refractivity contribution in [1.29, 1.82) is 0 Å². The summed E-state index contributed by atoms with van der Waals surface area (Å²) in [5.74, 6) is 1.78. The number of hydrogen-bond donors (Lipinski definition) is 2. The normalized spacial score (nSPS) is 18.5. The Morgan fingerprint density at radius 3 is 2.37 bits per heavy atom. The number of nitrogens with one attached hydrogen (secondary N) is 2. The molecule has 1 aliphatic carbocycles. The molecule has 0 fully saturated rings. The lowest BCUT2D eigenvalue weighted by Gasteiger charge is -2.34. The number of methoxy groups -OCH3 is 2. The van der Waals surface area contributed by atoms with E-state index in [0.29, 0.717) is 6.42 Å². The summed E-state index contributed by atoms with van der Waals surface area (Å²) < 4.78 is 11.0. The smallest absolute Gasteiger partial charge is 0.163 e. The molecule has 1 heterocycles. The average Bonchev–Trinajstić information content (AvgIpc) is 3.00. The largest absolute Gasteiger partial charge is 0.497 e. The summed E-state index contributed by atoms with van der Waals surface area (Å²) in [7, 11) is 3.34. The van der Waals surface area contributed by atoms with Crippen LogP contribution in [0.1, 0.15) is 38.3 Å². The van der Waals surface area contributed by atoms with Gasteiger partial charge < -0.3 is 20.1 Å². The van der Waals surface area contributed by atoms with Crippen LogP contribution in [0.5, 0.6) is 11.5 Å². The lowest BCUT2D eigenvalue weighted by atomic mass is 9.73. The second-order valence-corrected chi connectivity index (χ2v) is 10.9. The quantitative estimate of drug-likeness (QED) is 0.402. The number of ether oxygens (including phenoxy) is 2. The molecule has 0 bridgehead atoms. The molecule has 0 amide bonds. The maximum Gasteiger partial charge on any atom is 0.163 e. The Balaban J connectivity index is 1.56. The molecule has 0 radical (unpaired) electrons. The van der Waals surface area contributed by atoms with E-state index < -0.39 is 0 Å². The molecule has 0 aromatic heterocycles. The molecule has 3 aromatic carbocycles. The van der Waals surface area contributed by atoms with E-state index in [4.69, 9.17) is 9.47 Å². The lowest BCUT2D eigenvalue weighted by molar-refractivity contribution is -0.118. The number of para-hydroxylation sites is 1. The standard InChI is InChI=1S/C29H30N2O3S/c1-29(2)16-24-27(25(32)17-29)28(21-7-5-6-8-26(21)34-4)31-23-15-20(13-14-22(23)30-24)35-19-11-9-18(33-3)10-12-19/h5-15,28,30-31H,16-17H2,1-4H3. The highest BCUT2D eigenvalue weighted by molar-refractivity contribution is 7.99. The van der Waals surface area contributed by atoms with Crippen LogP contribution in [0.15, 0.2) is 87.8 Å². The van der Waals surface area contributed by atoms with Gasteiger partial charge in [-0.15, -0.1) is 0 Å². The van der Waals surface area contributed by atoms with Crippen LogP contribution >= 0.6 is 11.8 Å². The molecular weight excluding hydrogens is 456 g/mol. The van der Waals surface area contributed by atoms with E-state index in [2.05, 4.69) is 54.8 Å². The lowest BCUT2D eigenvalue weighted by Crippen LogP contribution is -2.31. The Morgan fingerprint density at radius 2 is 1.63 bits per heavy atom. The third-order valence-corrected chi connectivity index (χ3v) is 7.53. The summed E-state index contributed by atoms with van der Waals surface area (Å²) in [4.78, 5) is 15.7. The molecule has 0 spiro atoms. The van der Waals surface area contributed by atoms with Crippen molar-refractivity contribution in [3.8, 4) is 11.5 Å². The van der Waals surface area contributed by atoms with Gasteiger partial charge in [0.2, 0.25) is 0 Å². The summed E-state index contributed by atoms with van der Waals surface area (Å²) >= 11 is 1.69. The zero-order valence-corrected chi connectivity index (χ0v) is 21.3. The number of ketones is 1. The van der Waals surface area contributed by atoms with Gasteiger partial charge in [0.1, 0.15) is 11.5 Å². The van der Waals surface area contributed by atoms with E-state index in [1.807, 2.05) is 36.4 Å². The van der Waals surface area contributed by atoms with Crippen LogP contribution in [-0.2, 0) is 4.79 Å². The minimum Gasteiger partial charge on any atom is -0.497 e. The Labute approximate surface area is 210 Å². The van der Waals surface area contributed by atoms with Gasteiger partial charge in [-0.3, -0.25) is 4.79 Å². The molecule has 0 saturated heterocycles. The minimum absolute atomic E-state index is 0.0943. The number of allylic oxidation sites excluding steroid dienone is 1. The number of carbonyl (C=O) groups excluding carboxylic acids is 1. The van der Waals surface area contributed by atoms with Gasteiger partial charge in [0.25, 0.3) is 0 Å². The van der Waals surface area contributed by atoms with Gasteiger partial charge in [0.15, 0.2) is 5.78 Å². The highest BCUT2D eigenvalue weighted by Gasteiger charge is 2.39. The number of hydrogen-bond acceptors (Lipinski definition) is 6. The summed E-state index contributed by atoms with van der Waals surface area (Å²) in [6, 6.07) is 22.0. The highest BCUT2D eigenvalue weighted by Crippen LogP contribution is 2.47. The van der Waals surface area contributed by atoms with Crippen molar-refractivity contribution in [2.24, 2.45) is 5.41 Å². The fourth-order valence-electron chi connectivity index (χ4n) is 4.90. The van der Waals surface area contributed by atoms with Crippen LogP contribution in [0.3, 0.4) is 0 Å². The second-order valence-electron chi connectivity index (χ2n) is 9.76. The van der Waals surface area contributed by atoms with E-state index in [9.17, 15) is 4.79 Å². The van der Waals surface area contributed by atoms with Gasteiger partial charge in [-0.05, 0) is 60.4 Å².